The van der Waals surface area contributed by atoms with Crippen LogP contribution in [-0.2, 0) is 11.0 Å². The second-order valence-corrected chi connectivity index (χ2v) is 9.60. The lowest BCUT2D eigenvalue weighted by atomic mass is 10.2. The molecule has 0 aliphatic carbocycles. The van der Waals surface area contributed by atoms with Crippen molar-refractivity contribution in [2.24, 2.45) is 0 Å². The molecule has 1 aromatic carbocycles. The second-order valence-electron chi connectivity index (χ2n) is 5.23. The summed E-state index contributed by atoms with van der Waals surface area (Å²) in [4.78, 5) is 0. The maximum Gasteiger partial charge on any atom is 0.193 e. The van der Waals surface area contributed by atoms with E-state index in [4.69, 9.17) is 9.16 Å². The van der Waals surface area contributed by atoms with Crippen LogP contribution in [0.4, 0.5) is 0 Å². The van der Waals surface area contributed by atoms with Crippen LogP contribution in [0.15, 0.2) is 24.3 Å². The minimum atomic E-state index is -1.39. The van der Waals surface area contributed by atoms with Crippen LogP contribution >= 0.6 is 0 Å². The average Bonchev–Trinajstić information content (AvgIpc) is 2.47. The van der Waals surface area contributed by atoms with Gasteiger partial charge in [-0.3, -0.25) is 0 Å². The average molecular weight is 264 g/mol. The van der Waals surface area contributed by atoms with E-state index in [2.05, 4.69) is 19.1 Å². The van der Waals surface area contributed by atoms with Crippen LogP contribution in [0.5, 0.6) is 5.75 Å². The highest BCUT2D eigenvalue weighted by Gasteiger charge is 2.34. The molecule has 2 rings (SSSR count). The Bertz CT molecular complexity index is 355. The van der Waals surface area contributed by atoms with Crippen molar-refractivity contribution in [2.45, 2.75) is 50.9 Å². The van der Waals surface area contributed by atoms with E-state index in [9.17, 15) is 0 Å². The molecule has 1 heterocycles. The molecule has 0 aromatic heterocycles. The lowest BCUT2D eigenvalue weighted by Gasteiger charge is -2.34. The fraction of sp³-hybridized carbons (Fsp3) is 0.600. The van der Waals surface area contributed by atoms with Gasteiger partial charge in [0.15, 0.2) is 8.32 Å². The Morgan fingerprint density at radius 2 is 1.72 bits per heavy atom. The Kier molecular flexibility index (Phi) is 4.84. The fourth-order valence-electron chi connectivity index (χ4n) is 2.75. The van der Waals surface area contributed by atoms with Crippen molar-refractivity contribution in [1.29, 1.82) is 0 Å². The molecule has 18 heavy (non-hydrogen) atoms. The van der Waals surface area contributed by atoms with Gasteiger partial charge in [-0.15, -0.1) is 0 Å². The lowest BCUT2D eigenvalue weighted by molar-refractivity contribution is 0.278. The number of rotatable bonds is 5. The maximum absolute atomic E-state index is 6.38. The minimum absolute atomic E-state index is 0.782. The molecule has 0 saturated carbocycles. The molecule has 0 atom stereocenters. The van der Waals surface area contributed by atoms with E-state index in [1.807, 2.05) is 12.1 Å². The second kappa shape index (κ2) is 6.39. The summed E-state index contributed by atoms with van der Waals surface area (Å²) in [5, 5.41) is 0. The van der Waals surface area contributed by atoms with Crippen LogP contribution < -0.4 is 4.74 Å². The number of ether oxygens (including phenoxy) is 1. The van der Waals surface area contributed by atoms with Gasteiger partial charge in [-0.2, -0.15) is 0 Å². The summed E-state index contributed by atoms with van der Waals surface area (Å²) in [7, 11) is 0.308. The molecule has 1 saturated heterocycles. The summed E-state index contributed by atoms with van der Waals surface area (Å²) >= 11 is 0. The first-order valence-corrected chi connectivity index (χ1v) is 9.58. The van der Waals surface area contributed by atoms with Gasteiger partial charge in [0.1, 0.15) is 5.75 Å². The van der Waals surface area contributed by atoms with Crippen molar-refractivity contribution < 1.29 is 9.16 Å². The summed E-state index contributed by atoms with van der Waals surface area (Å²) in [6.45, 7) is 3.09. The smallest absolute Gasteiger partial charge is 0.193 e. The normalized spacial score (nSPS) is 18.6. The van der Waals surface area contributed by atoms with E-state index >= 15 is 0 Å². The Morgan fingerprint density at radius 3 is 2.28 bits per heavy atom. The summed E-state index contributed by atoms with van der Waals surface area (Å²) < 4.78 is 11.5. The van der Waals surface area contributed by atoms with Crippen LogP contribution in [0.1, 0.15) is 31.7 Å². The third-order valence-electron chi connectivity index (χ3n) is 4.11. The van der Waals surface area contributed by atoms with E-state index < -0.39 is 8.32 Å². The molecule has 3 heteroatoms. The summed E-state index contributed by atoms with van der Waals surface area (Å²) in [6.07, 6.45) is 4.16. The molecule has 2 nitrogen and oxygen atoms in total. The van der Waals surface area contributed by atoms with Gasteiger partial charge in [0.2, 0.25) is 0 Å². The summed E-state index contributed by atoms with van der Waals surface area (Å²) in [6, 6.07) is 12.2. The van der Waals surface area contributed by atoms with Gasteiger partial charge in [0, 0.05) is 0 Å². The Morgan fingerprint density at radius 1 is 1.06 bits per heavy atom. The van der Waals surface area contributed by atoms with Gasteiger partial charge in [0.05, 0.1) is 13.7 Å². The molecule has 1 aliphatic rings. The first kappa shape index (κ1) is 13.6. The monoisotopic (exact) mass is 264 g/mol. The van der Waals surface area contributed by atoms with Gasteiger partial charge in [-0.05, 0) is 35.8 Å². The molecule has 1 aliphatic heterocycles. The van der Waals surface area contributed by atoms with Gasteiger partial charge < -0.3 is 9.16 Å². The number of benzene rings is 1. The fourth-order valence-corrected chi connectivity index (χ4v) is 6.47. The Labute approximate surface area is 111 Å². The largest absolute Gasteiger partial charge is 0.497 e. The van der Waals surface area contributed by atoms with Crippen molar-refractivity contribution in [1.82, 2.24) is 0 Å². The van der Waals surface area contributed by atoms with Crippen molar-refractivity contribution in [3.05, 3.63) is 29.8 Å². The van der Waals surface area contributed by atoms with Crippen molar-refractivity contribution >= 4 is 8.32 Å². The topological polar surface area (TPSA) is 18.5 Å². The van der Waals surface area contributed by atoms with Crippen LogP contribution in [0.3, 0.4) is 0 Å². The zero-order chi connectivity index (χ0) is 12.8. The van der Waals surface area contributed by atoms with E-state index in [1.165, 1.54) is 43.0 Å². The standard InChI is InChI=1S/C15H24O2Si/c1-3-18(11-5-4-6-12-18)17-13-14-7-9-15(16-2)10-8-14/h7-10H,3-6,11-13H2,1-2H3. The quantitative estimate of drug-likeness (QED) is 0.736. The maximum atomic E-state index is 6.38. The predicted octanol–water partition coefficient (Wildman–Crippen LogP) is 4.36. The molecule has 0 radical (unpaired) electrons. The van der Waals surface area contributed by atoms with Crippen LogP contribution in [-0.4, -0.2) is 15.4 Å². The molecule has 0 N–H and O–H groups in total. The summed E-state index contributed by atoms with van der Waals surface area (Å²) in [5.41, 5.74) is 1.27. The highest BCUT2D eigenvalue weighted by atomic mass is 28.4. The van der Waals surface area contributed by atoms with Gasteiger partial charge >= 0.3 is 0 Å². The molecular weight excluding hydrogens is 240 g/mol. The van der Waals surface area contributed by atoms with E-state index in [1.54, 1.807) is 7.11 Å². The summed E-state index contributed by atoms with van der Waals surface area (Å²) in [5.74, 6) is 0.916. The number of methoxy groups -OCH3 is 1. The third-order valence-corrected chi connectivity index (χ3v) is 8.69. The van der Waals surface area contributed by atoms with Crippen molar-refractivity contribution in [3.8, 4) is 5.75 Å². The molecule has 1 fully saturated rings. The Hall–Kier alpha value is -0.803. The van der Waals surface area contributed by atoms with Gasteiger partial charge in [-0.25, -0.2) is 0 Å². The molecule has 100 valence electrons. The van der Waals surface area contributed by atoms with E-state index in [0.29, 0.717) is 0 Å². The first-order valence-electron chi connectivity index (χ1n) is 7.05. The minimum Gasteiger partial charge on any atom is -0.497 e. The van der Waals surface area contributed by atoms with E-state index in [0.717, 1.165) is 12.4 Å². The number of hydrogen-bond donors (Lipinski definition) is 0. The lowest BCUT2D eigenvalue weighted by Crippen LogP contribution is -2.39. The molecular formula is C15H24O2Si. The molecule has 0 unspecified atom stereocenters. The highest BCUT2D eigenvalue weighted by Crippen LogP contribution is 2.33. The van der Waals surface area contributed by atoms with Gasteiger partial charge in [0.25, 0.3) is 0 Å². The van der Waals surface area contributed by atoms with Crippen LogP contribution in [0.25, 0.3) is 0 Å². The van der Waals surface area contributed by atoms with Crippen LogP contribution in [0, 0.1) is 0 Å². The SMILES string of the molecule is CC[Si]1(OCc2ccc(OC)cc2)CCCCC1. The first-order chi connectivity index (χ1) is 8.78. The van der Waals surface area contributed by atoms with Crippen molar-refractivity contribution in [2.75, 3.05) is 7.11 Å². The molecule has 0 spiro atoms. The predicted molar refractivity (Wildman–Crippen MR) is 77.5 cm³/mol. The zero-order valence-corrected chi connectivity index (χ0v) is 12.6. The van der Waals surface area contributed by atoms with Gasteiger partial charge in [-0.1, -0.05) is 38.3 Å². The molecule has 0 bridgehead atoms. The molecule has 1 aromatic rings. The highest BCUT2D eigenvalue weighted by molar-refractivity contribution is 6.73. The third kappa shape index (κ3) is 3.36. The van der Waals surface area contributed by atoms with Crippen molar-refractivity contribution in [3.63, 3.8) is 0 Å². The zero-order valence-electron chi connectivity index (χ0n) is 11.6. The Balaban J connectivity index is 1.92. The number of hydrogen-bond acceptors (Lipinski definition) is 2. The van der Waals surface area contributed by atoms with E-state index in [-0.39, 0.29) is 0 Å². The van der Waals surface area contributed by atoms with Crippen LogP contribution in [0.2, 0.25) is 18.1 Å². The molecule has 0 amide bonds.